The molecule has 4 nitrogen and oxygen atoms in total. The molecular formula is C15H20O4S. The second-order valence-electron chi connectivity index (χ2n) is 5.23. The van der Waals surface area contributed by atoms with Gasteiger partial charge < -0.3 is 9.47 Å². The van der Waals surface area contributed by atoms with Crippen LogP contribution in [-0.2, 0) is 19.1 Å². The van der Waals surface area contributed by atoms with Crippen molar-refractivity contribution in [2.45, 2.75) is 42.9 Å². The van der Waals surface area contributed by atoms with Crippen molar-refractivity contribution in [2.24, 2.45) is 0 Å². The van der Waals surface area contributed by atoms with E-state index in [1.807, 2.05) is 30.3 Å². The first-order valence-corrected chi connectivity index (χ1v) is 7.21. The molecule has 0 bridgehead atoms. The Labute approximate surface area is 123 Å². The van der Waals surface area contributed by atoms with E-state index in [9.17, 15) is 9.59 Å². The van der Waals surface area contributed by atoms with Crippen LogP contribution in [0.25, 0.3) is 0 Å². The molecule has 1 aromatic carbocycles. The molecule has 0 aliphatic rings. The lowest BCUT2D eigenvalue weighted by atomic mass is 10.2. The van der Waals surface area contributed by atoms with Crippen molar-refractivity contribution in [3.8, 4) is 0 Å². The Balaban J connectivity index is 2.70. The van der Waals surface area contributed by atoms with Crippen LogP contribution in [0.5, 0.6) is 0 Å². The van der Waals surface area contributed by atoms with Crippen molar-refractivity contribution < 1.29 is 19.1 Å². The highest BCUT2D eigenvalue weighted by molar-refractivity contribution is 8.00. The van der Waals surface area contributed by atoms with Gasteiger partial charge in [0.2, 0.25) is 0 Å². The SMILES string of the molecule is COC(=O)C(CC(=O)OC(C)(C)C)Sc1ccccc1. The van der Waals surface area contributed by atoms with Crippen LogP contribution in [0.3, 0.4) is 0 Å². The molecule has 0 aliphatic heterocycles. The highest BCUT2D eigenvalue weighted by atomic mass is 32.2. The fraction of sp³-hybridized carbons (Fsp3) is 0.467. The monoisotopic (exact) mass is 296 g/mol. The first-order valence-electron chi connectivity index (χ1n) is 6.33. The third-order valence-electron chi connectivity index (χ3n) is 2.26. The molecule has 0 saturated heterocycles. The number of methoxy groups -OCH3 is 1. The third kappa shape index (κ3) is 6.10. The quantitative estimate of drug-likeness (QED) is 0.617. The fourth-order valence-corrected chi connectivity index (χ4v) is 2.56. The second-order valence-corrected chi connectivity index (χ2v) is 6.51. The maximum atomic E-state index is 11.8. The molecule has 0 saturated carbocycles. The molecule has 1 rings (SSSR count). The van der Waals surface area contributed by atoms with Gasteiger partial charge in [-0.2, -0.15) is 0 Å². The van der Waals surface area contributed by atoms with Crippen molar-refractivity contribution in [3.63, 3.8) is 0 Å². The summed E-state index contributed by atoms with van der Waals surface area (Å²) in [7, 11) is 1.32. The van der Waals surface area contributed by atoms with Crippen molar-refractivity contribution >= 4 is 23.7 Å². The van der Waals surface area contributed by atoms with Gasteiger partial charge in [0.25, 0.3) is 0 Å². The Morgan fingerprint density at radius 1 is 1.20 bits per heavy atom. The van der Waals surface area contributed by atoms with E-state index in [2.05, 4.69) is 0 Å². The smallest absolute Gasteiger partial charge is 0.319 e. The Hall–Kier alpha value is -1.49. The number of carbonyl (C=O) groups is 2. The van der Waals surface area contributed by atoms with Gasteiger partial charge in [-0.05, 0) is 32.9 Å². The summed E-state index contributed by atoms with van der Waals surface area (Å²) in [5, 5.41) is -0.600. The molecule has 20 heavy (non-hydrogen) atoms. The number of thioether (sulfide) groups is 1. The average Bonchev–Trinajstić information content (AvgIpc) is 2.36. The molecule has 0 heterocycles. The van der Waals surface area contributed by atoms with Crippen LogP contribution in [0.2, 0.25) is 0 Å². The number of hydrogen-bond acceptors (Lipinski definition) is 5. The lowest BCUT2D eigenvalue weighted by Crippen LogP contribution is -2.29. The molecule has 0 fully saturated rings. The van der Waals surface area contributed by atoms with Crippen LogP contribution in [0.15, 0.2) is 35.2 Å². The van der Waals surface area contributed by atoms with Crippen LogP contribution in [0.4, 0.5) is 0 Å². The number of rotatable bonds is 5. The van der Waals surface area contributed by atoms with E-state index < -0.39 is 22.8 Å². The number of benzene rings is 1. The number of carbonyl (C=O) groups excluding carboxylic acids is 2. The van der Waals surface area contributed by atoms with Gasteiger partial charge in [0, 0.05) is 4.90 Å². The lowest BCUT2D eigenvalue weighted by Gasteiger charge is -2.21. The van der Waals surface area contributed by atoms with E-state index in [1.54, 1.807) is 20.8 Å². The average molecular weight is 296 g/mol. The van der Waals surface area contributed by atoms with Gasteiger partial charge in [0.05, 0.1) is 13.5 Å². The zero-order valence-electron chi connectivity index (χ0n) is 12.2. The predicted molar refractivity (Wildman–Crippen MR) is 78.6 cm³/mol. The molecule has 0 amide bonds. The molecule has 1 atom stereocenters. The Morgan fingerprint density at radius 3 is 2.30 bits per heavy atom. The molecule has 0 N–H and O–H groups in total. The molecule has 110 valence electrons. The largest absolute Gasteiger partial charge is 0.468 e. The topological polar surface area (TPSA) is 52.6 Å². The zero-order valence-corrected chi connectivity index (χ0v) is 13.0. The number of hydrogen-bond donors (Lipinski definition) is 0. The molecule has 5 heteroatoms. The molecule has 1 unspecified atom stereocenters. The van der Waals surface area contributed by atoms with E-state index in [0.717, 1.165) is 4.90 Å². The van der Waals surface area contributed by atoms with Crippen LogP contribution in [-0.4, -0.2) is 29.9 Å². The maximum Gasteiger partial charge on any atom is 0.319 e. The minimum atomic E-state index is -0.600. The van der Waals surface area contributed by atoms with Gasteiger partial charge in [-0.15, -0.1) is 11.8 Å². The summed E-state index contributed by atoms with van der Waals surface area (Å²) < 4.78 is 9.99. The van der Waals surface area contributed by atoms with Gasteiger partial charge in [0.15, 0.2) is 0 Å². The molecule has 0 aliphatic carbocycles. The minimum Gasteiger partial charge on any atom is -0.468 e. The van der Waals surface area contributed by atoms with Crippen LogP contribution < -0.4 is 0 Å². The highest BCUT2D eigenvalue weighted by Crippen LogP contribution is 2.27. The van der Waals surface area contributed by atoms with Gasteiger partial charge in [0.1, 0.15) is 10.9 Å². The zero-order chi connectivity index (χ0) is 15.2. The van der Waals surface area contributed by atoms with Gasteiger partial charge in [-0.25, -0.2) is 0 Å². The Morgan fingerprint density at radius 2 is 1.80 bits per heavy atom. The van der Waals surface area contributed by atoms with Gasteiger partial charge >= 0.3 is 11.9 Å². The van der Waals surface area contributed by atoms with E-state index >= 15 is 0 Å². The molecule has 0 aromatic heterocycles. The van der Waals surface area contributed by atoms with E-state index in [-0.39, 0.29) is 6.42 Å². The first kappa shape index (κ1) is 16.6. The first-order chi connectivity index (χ1) is 9.31. The van der Waals surface area contributed by atoms with E-state index in [1.165, 1.54) is 18.9 Å². The molecular weight excluding hydrogens is 276 g/mol. The van der Waals surface area contributed by atoms with Crippen molar-refractivity contribution in [1.29, 1.82) is 0 Å². The Bertz CT molecular complexity index is 451. The molecule has 0 spiro atoms. The van der Waals surface area contributed by atoms with Gasteiger partial charge in [-0.1, -0.05) is 18.2 Å². The molecule has 1 aromatic rings. The standard InChI is InChI=1S/C15H20O4S/c1-15(2,3)19-13(16)10-12(14(17)18-4)20-11-8-6-5-7-9-11/h5-9,12H,10H2,1-4H3. The van der Waals surface area contributed by atoms with E-state index in [0.29, 0.717) is 0 Å². The van der Waals surface area contributed by atoms with Crippen LogP contribution in [0, 0.1) is 0 Å². The predicted octanol–water partition coefficient (Wildman–Crippen LogP) is 3.05. The Kier molecular flexibility index (Phi) is 6.07. The van der Waals surface area contributed by atoms with E-state index in [4.69, 9.17) is 9.47 Å². The summed E-state index contributed by atoms with van der Waals surface area (Å²) in [5.74, 6) is -0.832. The summed E-state index contributed by atoms with van der Waals surface area (Å²) in [6.07, 6.45) is -0.0104. The second kappa shape index (κ2) is 7.33. The molecule has 0 radical (unpaired) electrons. The highest BCUT2D eigenvalue weighted by Gasteiger charge is 2.27. The summed E-state index contributed by atoms with van der Waals surface area (Å²) in [6, 6.07) is 9.42. The summed E-state index contributed by atoms with van der Waals surface area (Å²) in [5.41, 5.74) is -0.560. The minimum absolute atomic E-state index is 0.0104. The fourth-order valence-electron chi connectivity index (χ4n) is 1.50. The summed E-state index contributed by atoms with van der Waals surface area (Å²) >= 11 is 1.30. The third-order valence-corrected chi connectivity index (χ3v) is 3.45. The normalized spacial score (nSPS) is 12.6. The summed E-state index contributed by atoms with van der Waals surface area (Å²) in [6.45, 7) is 5.38. The maximum absolute atomic E-state index is 11.8. The van der Waals surface area contributed by atoms with Crippen LogP contribution in [0.1, 0.15) is 27.2 Å². The number of ether oxygens (including phenoxy) is 2. The van der Waals surface area contributed by atoms with Crippen molar-refractivity contribution in [2.75, 3.05) is 7.11 Å². The number of esters is 2. The summed E-state index contributed by atoms with van der Waals surface area (Å²) in [4.78, 5) is 24.5. The van der Waals surface area contributed by atoms with Crippen molar-refractivity contribution in [1.82, 2.24) is 0 Å². The van der Waals surface area contributed by atoms with Crippen molar-refractivity contribution in [3.05, 3.63) is 30.3 Å². The lowest BCUT2D eigenvalue weighted by molar-refractivity contribution is -0.157. The van der Waals surface area contributed by atoms with Gasteiger partial charge in [-0.3, -0.25) is 9.59 Å². The van der Waals surface area contributed by atoms with Crippen LogP contribution >= 0.6 is 11.8 Å².